The summed E-state index contributed by atoms with van der Waals surface area (Å²) in [4.78, 5) is 17.0. The molecule has 0 saturated heterocycles. The molecule has 0 saturated carbocycles. The van der Waals surface area contributed by atoms with Gasteiger partial charge in [0.05, 0.1) is 18.2 Å². The van der Waals surface area contributed by atoms with Gasteiger partial charge in [0.15, 0.2) is 0 Å². The molecule has 3 aromatic rings. The maximum absolute atomic E-state index is 12.9. The van der Waals surface area contributed by atoms with Crippen molar-refractivity contribution in [2.75, 3.05) is 6.61 Å². The lowest BCUT2D eigenvalue weighted by Gasteiger charge is -2.17. The molecule has 1 atom stereocenters. The summed E-state index contributed by atoms with van der Waals surface area (Å²) in [5.41, 5.74) is 1.94. The molecule has 0 fully saturated rings. The Morgan fingerprint density at radius 1 is 1.27 bits per heavy atom. The molecule has 3 rings (SSSR count). The predicted octanol–water partition coefficient (Wildman–Crippen LogP) is 3.27. The van der Waals surface area contributed by atoms with Gasteiger partial charge in [-0.3, -0.25) is 4.79 Å². The highest BCUT2D eigenvalue weighted by molar-refractivity contribution is 6.30. The minimum atomic E-state index is -0.350. The van der Waals surface area contributed by atoms with Crippen molar-refractivity contribution in [1.29, 1.82) is 0 Å². The molecule has 1 aromatic carbocycles. The molecule has 2 aromatic heterocycles. The summed E-state index contributed by atoms with van der Waals surface area (Å²) in [6.45, 7) is 1.66. The standard InChI is InChI=1S/C17H15ClN2O2/c1-11(10-21)20-15-8-16(18)19-9-13(15)7-14(17(20)22)12-5-3-2-4-6-12/h2-9,11,21H,10H2,1H3. The number of nitrogens with zero attached hydrogens (tertiary/aromatic N) is 2. The van der Waals surface area contributed by atoms with Gasteiger partial charge >= 0.3 is 0 Å². The third kappa shape index (κ3) is 2.51. The third-order valence-corrected chi connectivity index (χ3v) is 3.88. The van der Waals surface area contributed by atoms with E-state index in [9.17, 15) is 9.90 Å². The van der Waals surface area contributed by atoms with E-state index in [1.165, 1.54) is 0 Å². The summed E-state index contributed by atoms with van der Waals surface area (Å²) >= 11 is 5.96. The zero-order valence-electron chi connectivity index (χ0n) is 12.0. The zero-order chi connectivity index (χ0) is 15.7. The van der Waals surface area contributed by atoms with Crippen molar-refractivity contribution in [1.82, 2.24) is 9.55 Å². The molecule has 0 radical (unpaired) electrons. The Balaban J connectivity index is 2.39. The summed E-state index contributed by atoms with van der Waals surface area (Å²) < 4.78 is 1.57. The normalized spacial score (nSPS) is 12.5. The largest absolute Gasteiger partial charge is 0.394 e. The molecule has 2 heterocycles. The monoisotopic (exact) mass is 314 g/mol. The van der Waals surface area contributed by atoms with Crippen LogP contribution in [0, 0.1) is 0 Å². The van der Waals surface area contributed by atoms with Gasteiger partial charge in [0.2, 0.25) is 0 Å². The molecule has 0 aliphatic carbocycles. The van der Waals surface area contributed by atoms with Crippen LogP contribution in [0.15, 0.2) is 53.5 Å². The minimum Gasteiger partial charge on any atom is -0.394 e. The quantitative estimate of drug-likeness (QED) is 0.755. The number of aromatic nitrogens is 2. The number of halogens is 1. The second-order valence-electron chi connectivity index (χ2n) is 5.20. The Bertz CT molecular complexity index is 875. The van der Waals surface area contributed by atoms with E-state index >= 15 is 0 Å². The molecule has 22 heavy (non-hydrogen) atoms. The first-order valence-electron chi connectivity index (χ1n) is 6.99. The van der Waals surface area contributed by atoms with E-state index in [0.29, 0.717) is 16.2 Å². The van der Waals surface area contributed by atoms with Gasteiger partial charge in [-0.1, -0.05) is 41.9 Å². The van der Waals surface area contributed by atoms with Crippen LogP contribution in [0.5, 0.6) is 0 Å². The SMILES string of the molecule is CC(CO)n1c(=O)c(-c2ccccc2)cc2cnc(Cl)cc21. The Morgan fingerprint density at radius 3 is 2.68 bits per heavy atom. The van der Waals surface area contributed by atoms with E-state index in [1.807, 2.05) is 36.4 Å². The molecule has 0 bridgehead atoms. The third-order valence-electron chi connectivity index (χ3n) is 3.68. The molecule has 0 spiro atoms. The first-order chi connectivity index (χ1) is 10.6. The van der Waals surface area contributed by atoms with Crippen molar-refractivity contribution in [3.05, 3.63) is 64.2 Å². The van der Waals surface area contributed by atoms with Crippen molar-refractivity contribution in [2.45, 2.75) is 13.0 Å². The summed E-state index contributed by atoms with van der Waals surface area (Å²) in [5, 5.41) is 10.6. The Morgan fingerprint density at radius 2 is 2.00 bits per heavy atom. The fourth-order valence-electron chi connectivity index (χ4n) is 2.55. The maximum atomic E-state index is 12.9. The van der Waals surface area contributed by atoms with Gasteiger partial charge in [-0.15, -0.1) is 0 Å². The number of aliphatic hydroxyl groups is 1. The van der Waals surface area contributed by atoms with Crippen LogP contribution in [0.1, 0.15) is 13.0 Å². The van der Waals surface area contributed by atoms with Crippen molar-refractivity contribution < 1.29 is 5.11 Å². The topological polar surface area (TPSA) is 55.1 Å². The van der Waals surface area contributed by atoms with Crippen LogP contribution in [0.25, 0.3) is 22.0 Å². The lowest BCUT2D eigenvalue weighted by atomic mass is 10.0. The average molecular weight is 315 g/mol. The first kappa shape index (κ1) is 14.8. The van der Waals surface area contributed by atoms with E-state index in [1.54, 1.807) is 23.8 Å². The van der Waals surface area contributed by atoms with Gasteiger partial charge in [-0.25, -0.2) is 4.98 Å². The van der Waals surface area contributed by atoms with Crippen molar-refractivity contribution in [2.24, 2.45) is 0 Å². The molecular weight excluding hydrogens is 300 g/mol. The lowest BCUT2D eigenvalue weighted by Crippen LogP contribution is -2.27. The fourth-order valence-corrected chi connectivity index (χ4v) is 2.70. The molecule has 112 valence electrons. The molecule has 4 nitrogen and oxygen atoms in total. The molecule has 0 aliphatic heterocycles. The second kappa shape index (κ2) is 5.91. The number of pyridine rings is 2. The summed E-state index contributed by atoms with van der Waals surface area (Å²) in [6.07, 6.45) is 1.64. The molecule has 1 N–H and O–H groups in total. The van der Waals surface area contributed by atoms with Gasteiger partial charge in [-0.05, 0) is 24.6 Å². The van der Waals surface area contributed by atoms with Crippen molar-refractivity contribution >= 4 is 22.5 Å². The lowest BCUT2D eigenvalue weighted by molar-refractivity contribution is 0.239. The van der Waals surface area contributed by atoms with Gasteiger partial charge in [0.1, 0.15) is 5.15 Å². The summed E-state index contributed by atoms with van der Waals surface area (Å²) in [6, 6.07) is 12.6. The highest BCUT2D eigenvalue weighted by Crippen LogP contribution is 2.24. The van der Waals surface area contributed by atoms with Crippen LogP contribution >= 0.6 is 11.6 Å². The average Bonchev–Trinajstić information content (AvgIpc) is 2.54. The van der Waals surface area contributed by atoms with Crippen LogP contribution in [-0.2, 0) is 0 Å². The van der Waals surface area contributed by atoms with Gasteiger partial charge < -0.3 is 9.67 Å². The van der Waals surface area contributed by atoms with Crippen LogP contribution in [-0.4, -0.2) is 21.3 Å². The second-order valence-corrected chi connectivity index (χ2v) is 5.58. The highest BCUT2D eigenvalue weighted by Gasteiger charge is 2.15. The maximum Gasteiger partial charge on any atom is 0.259 e. The zero-order valence-corrected chi connectivity index (χ0v) is 12.8. The molecule has 5 heteroatoms. The Hall–Kier alpha value is -2.17. The van der Waals surface area contributed by atoms with E-state index in [-0.39, 0.29) is 18.2 Å². The van der Waals surface area contributed by atoms with Crippen LogP contribution in [0.4, 0.5) is 0 Å². The molecule has 0 aliphatic rings. The molecule has 1 unspecified atom stereocenters. The minimum absolute atomic E-state index is 0.132. The number of hydrogen-bond acceptors (Lipinski definition) is 3. The van der Waals surface area contributed by atoms with Crippen LogP contribution in [0.2, 0.25) is 5.15 Å². The highest BCUT2D eigenvalue weighted by atomic mass is 35.5. The fraction of sp³-hybridized carbons (Fsp3) is 0.176. The molecular formula is C17H15ClN2O2. The van der Waals surface area contributed by atoms with Crippen molar-refractivity contribution in [3.63, 3.8) is 0 Å². The number of benzene rings is 1. The predicted molar refractivity (Wildman–Crippen MR) is 88.2 cm³/mol. The van der Waals surface area contributed by atoms with Crippen LogP contribution in [0.3, 0.4) is 0 Å². The number of hydrogen-bond donors (Lipinski definition) is 1. The first-order valence-corrected chi connectivity index (χ1v) is 7.36. The number of aliphatic hydroxyl groups excluding tert-OH is 1. The van der Waals surface area contributed by atoms with Crippen LogP contribution < -0.4 is 5.56 Å². The van der Waals surface area contributed by atoms with E-state index in [0.717, 1.165) is 10.9 Å². The smallest absolute Gasteiger partial charge is 0.259 e. The molecule has 0 amide bonds. The Labute approximate surface area is 132 Å². The number of fused-ring (bicyclic) bond motifs is 1. The van der Waals surface area contributed by atoms with Crippen molar-refractivity contribution in [3.8, 4) is 11.1 Å². The van der Waals surface area contributed by atoms with E-state index < -0.39 is 0 Å². The Kier molecular flexibility index (Phi) is 3.96. The summed E-state index contributed by atoms with van der Waals surface area (Å²) in [5.74, 6) is 0. The van der Waals surface area contributed by atoms with Gasteiger partial charge in [0, 0.05) is 17.1 Å². The van der Waals surface area contributed by atoms with E-state index in [4.69, 9.17) is 11.6 Å². The van der Waals surface area contributed by atoms with Gasteiger partial charge in [-0.2, -0.15) is 0 Å². The number of rotatable bonds is 3. The van der Waals surface area contributed by atoms with E-state index in [2.05, 4.69) is 4.98 Å². The van der Waals surface area contributed by atoms with Gasteiger partial charge in [0.25, 0.3) is 5.56 Å². The summed E-state index contributed by atoms with van der Waals surface area (Å²) in [7, 11) is 0.